The second-order valence-corrected chi connectivity index (χ2v) is 9.09. The molecule has 8 nitrogen and oxygen atoms in total. The fourth-order valence-corrected chi connectivity index (χ4v) is 4.85. The van der Waals surface area contributed by atoms with Gasteiger partial charge >= 0.3 is 0 Å². The second-order valence-electron chi connectivity index (χ2n) is 5.86. The van der Waals surface area contributed by atoms with Crippen LogP contribution in [0.1, 0.15) is 29.1 Å². The summed E-state index contributed by atoms with van der Waals surface area (Å²) < 4.78 is 0.750. The number of benzene rings is 1. The lowest BCUT2D eigenvalue weighted by Gasteiger charge is -2.10. The van der Waals surface area contributed by atoms with Gasteiger partial charge < -0.3 is 10.6 Å². The molecule has 0 saturated carbocycles. The monoisotopic (exact) mass is 447 g/mol. The number of thioether (sulfide) groups is 1. The van der Waals surface area contributed by atoms with Crippen molar-refractivity contribution in [1.29, 1.82) is 0 Å². The molecule has 0 unspecified atom stereocenters. The Morgan fingerprint density at radius 1 is 1.00 bits per heavy atom. The number of rotatable bonds is 7. The van der Waals surface area contributed by atoms with E-state index >= 15 is 0 Å². The Kier molecular flexibility index (Phi) is 6.96. The summed E-state index contributed by atoms with van der Waals surface area (Å²) in [6, 6.07) is 8.67. The van der Waals surface area contributed by atoms with Gasteiger partial charge in [-0.15, -0.1) is 21.5 Å². The van der Waals surface area contributed by atoms with Gasteiger partial charge in [-0.1, -0.05) is 29.2 Å². The van der Waals surface area contributed by atoms with Crippen LogP contribution >= 0.6 is 34.4 Å². The highest BCUT2D eigenvalue weighted by Gasteiger charge is 2.14. The van der Waals surface area contributed by atoms with Crippen molar-refractivity contribution in [3.63, 3.8) is 0 Å². The maximum atomic E-state index is 12.6. The lowest BCUT2D eigenvalue weighted by Crippen LogP contribution is -2.15. The maximum absolute atomic E-state index is 12.6. The molecule has 0 fully saturated rings. The predicted octanol–water partition coefficient (Wildman–Crippen LogP) is 4.06. The average molecular weight is 448 g/mol. The van der Waals surface area contributed by atoms with Crippen molar-refractivity contribution >= 4 is 68.7 Å². The van der Waals surface area contributed by atoms with Crippen molar-refractivity contribution in [3.8, 4) is 0 Å². The summed E-state index contributed by atoms with van der Waals surface area (Å²) in [5.74, 6) is -0.200. The number of carbonyl (C=O) groups is 3. The molecule has 1 aromatic carbocycles. The van der Waals surface area contributed by atoms with Crippen molar-refractivity contribution in [2.75, 3.05) is 16.0 Å². The van der Waals surface area contributed by atoms with Crippen LogP contribution in [-0.4, -0.2) is 27.9 Å². The number of anilines is 3. The van der Waals surface area contributed by atoms with Crippen LogP contribution in [0.4, 0.5) is 16.5 Å². The third kappa shape index (κ3) is 6.38. The summed E-state index contributed by atoms with van der Waals surface area (Å²) in [5, 5.41) is 18.4. The van der Waals surface area contributed by atoms with Crippen molar-refractivity contribution < 1.29 is 14.4 Å². The Morgan fingerprint density at radius 3 is 2.28 bits per heavy atom. The minimum atomic E-state index is -0.422. The first-order valence-corrected chi connectivity index (χ1v) is 11.1. The summed E-state index contributed by atoms with van der Waals surface area (Å²) in [6.07, 6.45) is 0. The zero-order valence-corrected chi connectivity index (χ0v) is 18.0. The molecule has 0 bridgehead atoms. The third-order valence-electron chi connectivity index (χ3n) is 3.38. The molecule has 0 atom stereocenters. The van der Waals surface area contributed by atoms with Crippen LogP contribution in [0, 0.1) is 0 Å². The number of hydrogen-bond donors (Lipinski definition) is 3. The van der Waals surface area contributed by atoms with Crippen LogP contribution in [0.15, 0.2) is 40.1 Å². The lowest BCUT2D eigenvalue weighted by molar-refractivity contribution is -0.115. The first-order chi connectivity index (χ1) is 13.9. The van der Waals surface area contributed by atoms with Crippen LogP contribution < -0.4 is 16.0 Å². The average Bonchev–Trinajstić information content (AvgIpc) is 3.30. The molecule has 0 spiro atoms. The number of nitrogens with one attached hydrogen (secondary N) is 3. The van der Waals surface area contributed by atoms with E-state index in [1.54, 1.807) is 29.2 Å². The van der Waals surface area contributed by atoms with Gasteiger partial charge in [-0.2, -0.15) is 0 Å². The second kappa shape index (κ2) is 9.63. The van der Waals surface area contributed by atoms with Crippen LogP contribution in [0.3, 0.4) is 0 Å². The highest BCUT2D eigenvalue weighted by Crippen LogP contribution is 2.30. The minimum absolute atomic E-state index is 0.267. The molecule has 2 aromatic heterocycles. The van der Waals surface area contributed by atoms with E-state index in [-0.39, 0.29) is 17.4 Å². The first kappa shape index (κ1) is 21.0. The standard InChI is InChI=1S/C18H17N5O3S3/c1-10(24)19-13-6-12(7-14(8-13)20-11(2)25)16(26)21-17-22-23-18(29-17)28-9-15-4-3-5-27-15/h3-8H,9H2,1-2H3,(H,19,24)(H,20,25)(H,21,22,26). The highest BCUT2D eigenvalue weighted by atomic mass is 32.2. The van der Waals surface area contributed by atoms with Gasteiger partial charge in [-0.25, -0.2) is 0 Å². The van der Waals surface area contributed by atoms with Crippen LogP contribution in [0.5, 0.6) is 0 Å². The van der Waals surface area contributed by atoms with Gasteiger partial charge in [-0.05, 0) is 29.6 Å². The molecule has 150 valence electrons. The van der Waals surface area contributed by atoms with E-state index < -0.39 is 5.91 Å². The highest BCUT2D eigenvalue weighted by molar-refractivity contribution is 8.00. The molecule has 29 heavy (non-hydrogen) atoms. The largest absolute Gasteiger partial charge is 0.326 e. The number of aromatic nitrogens is 2. The molecule has 0 aliphatic rings. The van der Waals surface area contributed by atoms with E-state index in [1.165, 1.54) is 42.2 Å². The van der Waals surface area contributed by atoms with Gasteiger partial charge in [0, 0.05) is 41.4 Å². The van der Waals surface area contributed by atoms with Crippen molar-refractivity contribution in [3.05, 3.63) is 46.2 Å². The summed E-state index contributed by atoms with van der Waals surface area (Å²) >= 11 is 4.50. The number of thiophene rings is 1. The molecule has 3 rings (SSSR count). The molecule has 0 radical (unpaired) electrons. The molecule has 2 heterocycles. The topological polar surface area (TPSA) is 113 Å². The van der Waals surface area contributed by atoms with Gasteiger partial charge in [0.1, 0.15) is 0 Å². The van der Waals surface area contributed by atoms with E-state index in [4.69, 9.17) is 0 Å². The molecule has 0 saturated heterocycles. The molecular formula is C18H17N5O3S3. The first-order valence-electron chi connectivity index (χ1n) is 8.39. The van der Waals surface area contributed by atoms with Crippen molar-refractivity contribution in [2.24, 2.45) is 0 Å². The van der Waals surface area contributed by atoms with E-state index in [9.17, 15) is 14.4 Å². The molecule has 11 heteroatoms. The summed E-state index contributed by atoms with van der Waals surface area (Å²) in [5.41, 5.74) is 1.07. The quantitative estimate of drug-likeness (QED) is 0.372. The Hall–Kier alpha value is -2.76. The zero-order chi connectivity index (χ0) is 20.8. The summed E-state index contributed by atoms with van der Waals surface area (Å²) in [4.78, 5) is 36.6. The van der Waals surface area contributed by atoms with E-state index in [1.807, 2.05) is 11.4 Å². The Morgan fingerprint density at radius 2 is 1.69 bits per heavy atom. The molecule has 0 aliphatic carbocycles. The van der Waals surface area contributed by atoms with E-state index in [2.05, 4.69) is 32.2 Å². The Labute approximate surface area is 179 Å². The SMILES string of the molecule is CC(=O)Nc1cc(NC(C)=O)cc(C(=O)Nc2nnc(SCc3cccs3)s2)c1. The van der Waals surface area contributed by atoms with E-state index in [0.29, 0.717) is 16.5 Å². The van der Waals surface area contributed by atoms with Gasteiger partial charge in [0.05, 0.1) is 0 Å². The number of amides is 3. The van der Waals surface area contributed by atoms with Crippen LogP contribution in [0.2, 0.25) is 0 Å². The minimum Gasteiger partial charge on any atom is -0.326 e. The third-order valence-corrected chi connectivity index (χ3v) is 6.46. The van der Waals surface area contributed by atoms with Gasteiger partial charge in [0.25, 0.3) is 5.91 Å². The maximum Gasteiger partial charge on any atom is 0.257 e. The fourth-order valence-electron chi connectivity index (χ4n) is 2.33. The Bertz CT molecular complexity index is 999. The predicted molar refractivity (Wildman–Crippen MR) is 117 cm³/mol. The molecule has 3 amide bonds. The molecule has 3 N–H and O–H groups in total. The summed E-state index contributed by atoms with van der Waals surface area (Å²) in [6.45, 7) is 2.73. The molecular weight excluding hydrogens is 430 g/mol. The van der Waals surface area contributed by atoms with Gasteiger partial charge in [-0.3, -0.25) is 19.7 Å². The van der Waals surface area contributed by atoms with Gasteiger partial charge in [0.2, 0.25) is 16.9 Å². The van der Waals surface area contributed by atoms with Crippen molar-refractivity contribution in [2.45, 2.75) is 23.9 Å². The normalized spacial score (nSPS) is 10.4. The number of carbonyl (C=O) groups excluding carboxylic acids is 3. The Balaban J connectivity index is 1.70. The zero-order valence-electron chi connectivity index (χ0n) is 15.5. The number of nitrogens with zero attached hydrogens (tertiary/aromatic N) is 2. The number of hydrogen-bond acceptors (Lipinski definition) is 8. The molecule has 0 aliphatic heterocycles. The summed E-state index contributed by atoms with van der Waals surface area (Å²) in [7, 11) is 0. The lowest BCUT2D eigenvalue weighted by atomic mass is 10.1. The van der Waals surface area contributed by atoms with Crippen molar-refractivity contribution in [1.82, 2.24) is 10.2 Å². The smallest absolute Gasteiger partial charge is 0.257 e. The van der Waals surface area contributed by atoms with E-state index in [0.717, 1.165) is 10.1 Å². The van der Waals surface area contributed by atoms with Crippen LogP contribution in [-0.2, 0) is 15.3 Å². The fraction of sp³-hybridized carbons (Fsp3) is 0.167. The van der Waals surface area contributed by atoms with Crippen LogP contribution in [0.25, 0.3) is 0 Å². The van der Waals surface area contributed by atoms with Gasteiger partial charge in [0.15, 0.2) is 4.34 Å². The molecule has 3 aromatic rings.